The molecule has 1 radical (unpaired) electrons. The minimum atomic E-state index is 0.816. The average Bonchev–Trinajstić information content (AvgIpc) is 2.72. The molecular weight excluding hydrogens is 174 g/mol. The van der Waals surface area contributed by atoms with Gasteiger partial charge in [-0.05, 0) is 30.7 Å². The van der Waals surface area contributed by atoms with E-state index in [4.69, 9.17) is 0 Å². The molecule has 0 spiro atoms. The van der Waals surface area contributed by atoms with Crippen molar-refractivity contribution >= 4 is 6.08 Å². The van der Waals surface area contributed by atoms with Crippen LogP contribution in [0.25, 0.3) is 11.9 Å². The van der Waals surface area contributed by atoms with Crippen LogP contribution < -0.4 is 0 Å². The van der Waals surface area contributed by atoms with Crippen molar-refractivity contribution in [1.29, 1.82) is 0 Å². The molecule has 0 amide bonds. The lowest BCUT2D eigenvalue weighted by atomic mass is 10.2. The van der Waals surface area contributed by atoms with E-state index in [9.17, 15) is 0 Å². The molecule has 69 valence electrons. The number of hydrogen-bond acceptors (Lipinski definition) is 2. The maximum Gasteiger partial charge on any atom is 0.153 e. The molecule has 0 N–H and O–H groups in total. The van der Waals surface area contributed by atoms with E-state index in [-0.39, 0.29) is 0 Å². The molecule has 2 heterocycles. The van der Waals surface area contributed by atoms with Crippen LogP contribution in [0.3, 0.4) is 0 Å². The van der Waals surface area contributed by atoms with E-state index >= 15 is 0 Å². The molecule has 2 rings (SSSR count). The highest BCUT2D eigenvalue weighted by atomic mass is 15.3. The van der Waals surface area contributed by atoms with Gasteiger partial charge in [-0.1, -0.05) is 12.2 Å². The molecule has 0 aliphatic rings. The van der Waals surface area contributed by atoms with Gasteiger partial charge in [0, 0.05) is 18.6 Å². The zero-order valence-electron chi connectivity index (χ0n) is 7.67. The average molecular weight is 184 g/mol. The summed E-state index contributed by atoms with van der Waals surface area (Å²) in [6, 6.07) is 5.76. The summed E-state index contributed by atoms with van der Waals surface area (Å²) in [7, 11) is 0. The minimum absolute atomic E-state index is 0.816. The van der Waals surface area contributed by atoms with Crippen LogP contribution in [0.15, 0.2) is 42.9 Å². The van der Waals surface area contributed by atoms with Crippen LogP contribution in [-0.2, 0) is 0 Å². The molecule has 2 aromatic heterocycles. The van der Waals surface area contributed by atoms with Gasteiger partial charge in [-0.2, -0.15) is 5.10 Å². The first kappa shape index (κ1) is 8.69. The highest BCUT2D eigenvalue weighted by Gasteiger charge is 1.95. The predicted molar refractivity (Wildman–Crippen MR) is 55.8 cm³/mol. The van der Waals surface area contributed by atoms with Gasteiger partial charge in [0.05, 0.1) is 0 Å². The summed E-state index contributed by atoms with van der Waals surface area (Å²) >= 11 is 0. The van der Waals surface area contributed by atoms with Gasteiger partial charge in [-0.3, -0.25) is 0 Å². The van der Waals surface area contributed by atoms with Gasteiger partial charge in [0.25, 0.3) is 0 Å². The Kier molecular flexibility index (Phi) is 2.40. The van der Waals surface area contributed by atoms with Crippen molar-refractivity contribution < 1.29 is 0 Å². The molecule has 0 aromatic carbocycles. The summed E-state index contributed by atoms with van der Waals surface area (Å²) in [5.74, 6) is 0.816. The van der Waals surface area contributed by atoms with Crippen molar-refractivity contribution in [2.45, 2.75) is 0 Å². The summed E-state index contributed by atoms with van der Waals surface area (Å²) in [6.45, 7) is 3.63. The molecule has 3 heteroatoms. The van der Waals surface area contributed by atoms with E-state index < -0.39 is 0 Å². The second-order valence-corrected chi connectivity index (χ2v) is 2.80. The molecule has 0 saturated carbocycles. The monoisotopic (exact) mass is 184 g/mol. The van der Waals surface area contributed by atoms with Crippen LogP contribution in [0.1, 0.15) is 5.56 Å². The fourth-order valence-electron chi connectivity index (χ4n) is 1.17. The Labute approximate surface area is 82.7 Å². The lowest BCUT2D eigenvalue weighted by Gasteiger charge is -1.99. The van der Waals surface area contributed by atoms with Gasteiger partial charge >= 0.3 is 0 Å². The van der Waals surface area contributed by atoms with Crippen molar-refractivity contribution in [2.24, 2.45) is 0 Å². The van der Waals surface area contributed by atoms with Gasteiger partial charge in [-0.25, -0.2) is 9.67 Å². The first-order valence-electron chi connectivity index (χ1n) is 4.32. The number of rotatable bonds is 2. The maximum atomic E-state index is 4.26. The van der Waals surface area contributed by atoms with Crippen LogP contribution in [0.2, 0.25) is 0 Å². The minimum Gasteiger partial charge on any atom is -0.237 e. The first-order chi connectivity index (χ1) is 6.90. The standard InChI is InChI=1S/C11H10N3/c1-2-4-10-5-6-11(12-9-10)14-8-3-7-13-14/h2-9H,1H2/b4-2+. The van der Waals surface area contributed by atoms with Gasteiger partial charge in [0.1, 0.15) is 0 Å². The number of aromatic nitrogens is 3. The van der Waals surface area contributed by atoms with E-state index in [2.05, 4.69) is 17.0 Å². The molecule has 0 unspecified atom stereocenters. The molecule has 0 fully saturated rings. The van der Waals surface area contributed by atoms with Crippen LogP contribution in [-0.4, -0.2) is 14.8 Å². The van der Waals surface area contributed by atoms with Crippen molar-refractivity contribution in [2.75, 3.05) is 0 Å². The Morgan fingerprint density at radius 3 is 2.86 bits per heavy atom. The highest BCUT2D eigenvalue weighted by molar-refractivity contribution is 5.49. The molecule has 0 saturated heterocycles. The van der Waals surface area contributed by atoms with Gasteiger partial charge in [-0.15, -0.1) is 0 Å². The van der Waals surface area contributed by atoms with Gasteiger partial charge < -0.3 is 0 Å². The van der Waals surface area contributed by atoms with Crippen LogP contribution in [0, 0.1) is 6.92 Å². The first-order valence-corrected chi connectivity index (χ1v) is 4.32. The molecule has 0 aliphatic heterocycles. The fourth-order valence-corrected chi connectivity index (χ4v) is 1.17. The SMILES string of the molecule is [CH2]/C=C/c1ccc(-n2cccn2)nc1. The van der Waals surface area contributed by atoms with Crippen molar-refractivity contribution in [3.8, 4) is 5.82 Å². The summed E-state index contributed by atoms with van der Waals surface area (Å²) in [4.78, 5) is 4.26. The summed E-state index contributed by atoms with van der Waals surface area (Å²) in [5.41, 5.74) is 1.04. The lowest BCUT2D eigenvalue weighted by molar-refractivity contribution is 0.846. The predicted octanol–water partition coefficient (Wildman–Crippen LogP) is 2.11. The third-order valence-corrected chi connectivity index (χ3v) is 1.82. The second kappa shape index (κ2) is 3.87. The third-order valence-electron chi connectivity index (χ3n) is 1.82. The summed E-state index contributed by atoms with van der Waals surface area (Å²) < 4.78 is 1.72. The Balaban J connectivity index is 2.31. The van der Waals surface area contributed by atoms with Gasteiger partial charge in [0.15, 0.2) is 5.82 Å². The Hall–Kier alpha value is -1.90. The molecule has 0 atom stereocenters. The van der Waals surface area contributed by atoms with E-state index in [1.54, 1.807) is 23.2 Å². The van der Waals surface area contributed by atoms with Crippen LogP contribution >= 0.6 is 0 Å². The third kappa shape index (κ3) is 1.71. The largest absolute Gasteiger partial charge is 0.237 e. The maximum absolute atomic E-state index is 4.26. The topological polar surface area (TPSA) is 30.7 Å². The molecular formula is C11H10N3. The molecule has 0 bridgehead atoms. The molecule has 2 aromatic rings. The summed E-state index contributed by atoms with van der Waals surface area (Å²) in [6.07, 6.45) is 9.02. The number of nitrogens with zero attached hydrogens (tertiary/aromatic N) is 3. The van der Waals surface area contributed by atoms with Crippen molar-refractivity contribution in [3.63, 3.8) is 0 Å². The smallest absolute Gasteiger partial charge is 0.153 e. The highest BCUT2D eigenvalue weighted by Crippen LogP contribution is 2.05. The molecule has 3 nitrogen and oxygen atoms in total. The normalized spacial score (nSPS) is 10.9. The molecule has 0 aliphatic carbocycles. The second-order valence-electron chi connectivity index (χ2n) is 2.80. The Morgan fingerprint density at radius 1 is 1.36 bits per heavy atom. The fraction of sp³-hybridized carbons (Fsp3) is 0. The summed E-state index contributed by atoms with van der Waals surface area (Å²) in [5, 5.41) is 4.09. The quantitative estimate of drug-likeness (QED) is 0.715. The van der Waals surface area contributed by atoms with Gasteiger partial charge in [0.2, 0.25) is 0 Å². The Bertz CT molecular complexity index is 412. The van der Waals surface area contributed by atoms with Crippen LogP contribution in [0.5, 0.6) is 0 Å². The van der Waals surface area contributed by atoms with E-state index in [1.807, 2.05) is 30.5 Å². The van der Waals surface area contributed by atoms with E-state index in [1.165, 1.54) is 0 Å². The molecule has 14 heavy (non-hydrogen) atoms. The van der Waals surface area contributed by atoms with Crippen molar-refractivity contribution in [1.82, 2.24) is 14.8 Å². The zero-order valence-corrected chi connectivity index (χ0v) is 7.67. The van der Waals surface area contributed by atoms with E-state index in [0.29, 0.717) is 0 Å². The number of hydrogen-bond donors (Lipinski definition) is 0. The zero-order chi connectivity index (χ0) is 9.80. The number of pyridine rings is 1. The van der Waals surface area contributed by atoms with Crippen molar-refractivity contribution in [3.05, 3.63) is 55.4 Å². The number of allylic oxidation sites excluding steroid dienone is 1. The Morgan fingerprint density at radius 2 is 2.29 bits per heavy atom. The lowest BCUT2D eigenvalue weighted by Crippen LogP contribution is -1.96. The van der Waals surface area contributed by atoms with Crippen LogP contribution in [0.4, 0.5) is 0 Å². The van der Waals surface area contributed by atoms with E-state index in [0.717, 1.165) is 11.4 Å².